The van der Waals surface area contributed by atoms with Crippen molar-refractivity contribution in [2.75, 3.05) is 12.4 Å². The highest BCUT2D eigenvalue weighted by Gasteiger charge is 2.52. The monoisotopic (exact) mass is 444 g/mol. The van der Waals surface area contributed by atoms with E-state index in [0.717, 1.165) is 16.9 Å². The van der Waals surface area contributed by atoms with Crippen molar-refractivity contribution in [2.24, 2.45) is 0 Å². The Morgan fingerprint density at radius 1 is 1.03 bits per heavy atom. The van der Waals surface area contributed by atoms with Gasteiger partial charge in [0.2, 0.25) is 0 Å². The summed E-state index contributed by atoms with van der Waals surface area (Å²) in [4.78, 5) is 11.9. The molecule has 0 N–H and O–H groups in total. The molecule has 4 unspecified atom stereocenters. The van der Waals surface area contributed by atoms with Gasteiger partial charge in [-0.25, -0.2) is 0 Å². The molecule has 2 saturated heterocycles. The van der Waals surface area contributed by atoms with Crippen LogP contribution in [0.2, 0.25) is 0 Å². The Bertz CT molecular complexity index is 832. The second-order valence-corrected chi connectivity index (χ2v) is 8.89. The first-order chi connectivity index (χ1) is 15.2. The fourth-order valence-electron chi connectivity index (χ4n) is 3.90. The zero-order valence-electron chi connectivity index (χ0n) is 17.7. The van der Waals surface area contributed by atoms with E-state index >= 15 is 0 Å². The minimum atomic E-state index is -0.582. The van der Waals surface area contributed by atoms with Crippen LogP contribution in [-0.4, -0.2) is 48.2 Å². The second kappa shape index (κ2) is 10.6. The van der Waals surface area contributed by atoms with Gasteiger partial charge in [-0.15, -0.1) is 11.8 Å². The number of rotatable bonds is 7. The summed E-state index contributed by atoms with van der Waals surface area (Å²) in [6, 6.07) is 19.7. The quantitative estimate of drug-likeness (QED) is 0.596. The third-order valence-corrected chi connectivity index (χ3v) is 6.32. The predicted molar refractivity (Wildman–Crippen MR) is 117 cm³/mol. The van der Waals surface area contributed by atoms with Crippen LogP contribution in [0.1, 0.15) is 31.3 Å². The summed E-state index contributed by atoms with van der Waals surface area (Å²) in [5.74, 6) is 0.452. The number of thioether (sulfide) groups is 1. The van der Waals surface area contributed by atoms with Crippen LogP contribution in [0.4, 0.5) is 0 Å². The molecule has 2 fully saturated rings. The minimum Gasteiger partial charge on any atom is -0.456 e. The molecule has 4 rings (SSSR count). The number of esters is 1. The molecule has 2 aromatic rings. The molecule has 0 aromatic heterocycles. The Kier molecular flexibility index (Phi) is 7.63. The highest BCUT2D eigenvalue weighted by atomic mass is 32.2. The van der Waals surface area contributed by atoms with Gasteiger partial charge in [0.1, 0.15) is 23.7 Å². The molecule has 6 atom stereocenters. The van der Waals surface area contributed by atoms with Crippen molar-refractivity contribution in [3.63, 3.8) is 0 Å². The molecule has 0 aliphatic carbocycles. The number of carbonyl (C=O) groups is 1. The number of hydrogen-bond acceptors (Lipinski definition) is 7. The molecular weight excluding hydrogens is 416 g/mol. The third kappa shape index (κ3) is 5.48. The van der Waals surface area contributed by atoms with E-state index in [9.17, 15) is 4.79 Å². The van der Waals surface area contributed by atoms with Gasteiger partial charge in [-0.05, 0) is 11.3 Å². The van der Waals surface area contributed by atoms with Gasteiger partial charge < -0.3 is 23.7 Å². The molecule has 7 heteroatoms. The first-order valence-electron chi connectivity index (χ1n) is 10.6. The summed E-state index contributed by atoms with van der Waals surface area (Å²) in [6.45, 7) is 4.22. The zero-order valence-corrected chi connectivity index (χ0v) is 18.5. The van der Waals surface area contributed by atoms with Crippen molar-refractivity contribution in [3.8, 4) is 0 Å². The smallest absolute Gasteiger partial charge is 0.303 e. The average Bonchev–Trinajstić information content (AvgIpc) is 2.79. The van der Waals surface area contributed by atoms with Crippen LogP contribution >= 0.6 is 11.8 Å². The van der Waals surface area contributed by atoms with Crippen molar-refractivity contribution in [2.45, 2.75) is 56.6 Å². The molecule has 166 valence electrons. The van der Waals surface area contributed by atoms with Crippen molar-refractivity contribution < 1.29 is 28.5 Å². The van der Waals surface area contributed by atoms with Crippen LogP contribution in [0.25, 0.3) is 0 Å². The lowest BCUT2D eigenvalue weighted by molar-refractivity contribution is -0.326. The van der Waals surface area contributed by atoms with E-state index in [1.807, 2.05) is 67.6 Å². The average molecular weight is 445 g/mol. The molecule has 2 aliphatic heterocycles. The second-order valence-electron chi connectivity index (χ2n) is 7.51. The fourth-order valence-corrected chi connectivity index (χ4v) is 4.85. The molecule has 2 heterocycles. The summed E-state index contributed by atoms with van der Waals surface area (Å²) in [5, 5.41) is 0. The van der Waals surface area contributed by atoms with Gasteiger partial charge in [0, 0.05) is 12.5 Å². The van der Waals surface area contributed by atoms with Crippen LogP contribution in [-0.2, 0) is 35.1 Å². The number of fused-ring (bicyclic) bond motifs is 1. The van der Waals surface area contributed by atoms with Gasteiger partial charge in [0.25, 0.3) is 0 Å². The highest BCUT2D eigenvalue weighted by Crippen LogP contribution is 2.39. The van der Waals surface area contributed by atoms with E-state index in [4.69, 9.17) is 23.7 Å². The summed E-state index contributed by atoms with van der Waals surface area (Å²) >= 11 is 1.59. The lowest BCUT2D eigenvalue weighted by Gasteiger charge is -2.48. The minimum absolute atomic E-state index is 0.309. The Morgan fingerprint density at radius 3 is 2.42 bits per heavy atom. The molecular formula is C24H28O6S. The maximum atomic E-state index is 11.9. The van der Waals surface area contributed by atoms with Gasteiger partial charge in [-0.3, -0.25) is 4.79 Å². The van der Waals surface area contributed by atoms with Crippen LogP contribution < -0.4 is 0 Å². The van der Waals surface area contributed by atoms with E-state index in [2.05, 4.69) is 0 Å². The van der Waals surface area contributed by atoms with Gasteiger partial charge in [-0.2, -0.15) is 0 Å². The van der Waals surface area contributed by atoms with Gasteiger partial charge in [-0.1, -0.05) is 67.6 Å². The van der Waals surface area contributed by atoms with E-state index in [0.29, 0.717) is 13.2 Å². The molecule has 0 spiro atoms. The van der Waals surface area contributed by atoms with Crippen molar-refractivity contribution in [1.82, 2.24) is 0 Å². The van der Waals surface area contributed by atoms with Crippen LogP contribution in [0.15, 0.2) is 60.7 Å². The summed E-state index contributed by atoms with van der Waals surface area (Å²) in [6.07, 6.45) is -2.33. The van der Waals surface area contributed by atoms with E-state index in [-0.39, 0.29) is 17.5 Å². The molecule has 0 bridgehead atoms. The lowest BCUT2D eigenvalue weighted by Crippen LogP contribution is -2.62. The SMILES string of the molecule is CCS[C@@H]1OC2COC(c3ccccc3)O[C@@H]2C(OCc2ccccc2)C1OC(C)=O. The first kappa shape index (κ1) is 22.3. The van der Waals surface area contributed by atoms with E-state index in [1.54, 1.807) is 11.8 Å². The predicted octanol–water partition coefficient (Wildman–Crippen LogP) is 4.10. The van der Waals surface area contributed by atoms with E-state index in [1.165, 1.54) is 6.92 Å². The molecule has 2 aromatic carbocycles. The summed E-state index contributed by atoms with van der Waals surface area (Å²) < 4.78 is 30.7. The van der Waals surface area contributed by atoms with Crippen LogP contribution in [0.5, 0.6) is 0 Å². The van der Waals surface area contributed by atoms with Crippen molar-refractivity contribution in [1.29, 1.82) is 0 Å². The number of carbonyl (C=O) groups excluding carboxylic acids is 1. The summed E-state index contributed by atoms with van der Waals surface area (Å²) in [7, 11) is 0. The standard InChI is InChI=1S/C24H28O6S/c1-3-31-24-22(28-16(2)25)21(26-14-17-10-6-4-7-11-17)20-19(29-24)15-27-23(30-20)18-12-8-5-9-13-18/h4-13,19-24H,3,14-15H2,1-2H3/t19?,20-,21?,22?,23?,24-/m0/s1. The fraction of sp³-hybridized carbons (Fsp3) is 0.458. The molecule has 0 amide bonds. The molecule has 6 nitrogen and oxygen atoms in total. The number of benzene rings is 2. The molecule has 31 heavy (non-hydrogen) atoms. The number of hydrogen-bond donors (Lipinski definition) is 0. The van der Waals surface area contributed by atoms with Crippen LogP contribution in [0.3, 0.4) is 0 Å². The first-order valence-corrected chi connectivity index (χ1v) is 11.6. The topological polar surface area (TPSA) is 63.2 Å². The largest absolute Gasteiger partial charge is 0.456 e. The Balaban J connectivity index is 1.59. The highest BCUT2D eigenvalue weighted by molar-refractivity contribution is 7.99. The molecule has 0 radical (unpaired) electrons. The Hall–Kier alpha value is -1.90. The number of ether oxygens (including phenoxy) is 5. The lowest BCUT2D eigenvalue weighted by atomic mass is 9.98. The van der Waals surface area contributed by atoms with Crippen molar-refractivity contribution >= 4 is 17.7 Å². The zero-order chi connectivity index (χ0) is 21.6. The van der Waals surface area contributed by atoms with Gasteiger partial charge in [0.15, 0.2) is 12.4 Å². The molecule has 2 aliphatic rings. The van der Waals surface area contributed by atoms with Crippen LogP contribution in [0, 0.1) is 0 Å². The van der Waals surface area contributed by atoms with Crippen molar-refractivity contribution in [3.05, 3.63) is 71.8 Å². The third-order valence-electron chi connectivity index (χ3n) is 5.27. The van der Waals surface area contributed by atoms with Gasteiger partial charge in [0.05, 0.1) is 13.2 Å². The Morgan fingerprint density at radius 2 is 1.74 bits per heavy atom. The molecule has 0 saturated carbocycles. The van der Waals surface area contributed by atoms with Gasteiger partial charge >= 0.3 is 5.97 Å². The van der Waals surface area contributed by atoms with E-state index < -0.39 is 24.6 Å². The normalized spacial score (nSPS) is 30.4. The Labute approximate surface area is 187 Å². The maximum absolute atomic E-state index is 11.9. The maximum Gasteiger partial charge on any atom is 0.303 e. The summed E-state index contributed by atoms with van der Waals surface area (Å²) in [5.41, 5.74) is 1.62.